The first-order chi connectivity index (χ1) is 17.6. The molecule has 2 heterocycles. The number of rotatable bonds is 7. The van der Waals surface area contributed by atoms with Crippen LogP contribution in [0.25, 0.3) is 11.1 Å². The number of likely N-dealkylation sites (N-methyl/N-ethyl adjacent to an activating group) is 1. The number of nitrogens with one attached hydrogen (secondary N) is 1. The molecule has 1 aliphatic rings. The van der Waals surface area contributed by atoms with Crippen LogP contribution >= 0.6 is 0 Å². The van der Waals surface area contributed by atoms with Crippen LogP contribution in [0.4, 0.5) is 15.5 Å². The van der Waals surface area contributed by atoms with E-state index in [4.69, 9.17) is 9.47 Å². The molecule has 11 nitrogen and oxygen atoms in total. The predicted octanol–water partition coefficient (Wildman–Crippen LogP) is 2.91. The molecule has 37 heavy (non-hydrogen) atoms. The molecule has 1 aromatic carbocycles. The van der Waals surface area contributed by atoms with Gasteiger partial charge >= 0.3 is 12.2 Å². The highest BCUT2D eigenvalue weighted by atomic mass is 16.6. The second kappa shape index (κ2) is 12.4. The molecule has 1 fully saturated rings. The Labute approximate surface area is 217 Å². The minimum absolute atomic E-state index is 0.144. The Hall–Kier alpha value is -3.89. The Bertz CT molecular complexity index is 1080. The van der Waals surface area contributed by atoms with Gasteiger partial charge in [-0.3, -0.25) is 4.79 Å². The molecular formula is C26H36N6O5. The monoisotopic (exact) mass is 512 g/mol. The zero-order valence-corrected chi connectivity index (χ0v) is 22.2. The number of carbonyl (C=O) groups excluding carboxylic acids is 3. The van der Waals surface area contributed by atoms with E-state index in [-0.39, 0.29) is 18.5 Å². The van der Waals surface area contributed by atoms with Gasteiger partial charge < -0.3 is 29.5 Å². The molecule has 0 saturated carbocycles. The second-order valence-electron chi connectivity index (χ2n) is 9.75. The van der Waals surface area contributed by atoms with E-state index >= 15 is 0 Å². The van der Waals surface area contributed by atoms with E-state index < -0.39 is 11.7 Å². The van der Waals surface area contributed by atoms with Crippen molar-refractivity contribution in [1.82, 2.24) is 25.1 Å². The van der Waals surface area contributed by atoms with Gasteiger partial charge in [0.2, 0.25) is 11.9 Å². The van der Waals surface area contributed by atoms with E-state index in [1.165, 1.54) is 0 Å². The van der Waals surface area contributed by atoms with Crippen LogP contribution in [-0.4, -0.2) is 89.8 Å². The van der Waals surface area contributed by atoms with Gasteiger partial charge in [-0.15, -0.1) is 0 Å². The van der Waals surface area contributed by atoms with Crippen molar-refractivity contribution in [3.63, 3.8) is 0 Å². The smallest absolute Gasteiger partial charge is 0.409 e. The average molecular weight is 513 g/mol. The Morgan fingerprint density at radius 2 is 1.73 bits per heavy atom. The van der Waals surface area contributed by atoms with Crippen molar-refractivity contribution < 1.29 is 23.9 Å². The molecular weight excluding hydrogens is 476 g/mol. The fraction of sp³-hybridized carbons (Fsp3) is 0.500. The minimum atomic E-state index is -0.625. The standard InChI is InChI=1S/C26H36N6O5/c1-6-36-25(35)32-12-10-31(11-13-32)23-27-15-21(16-28-23)20-9-7-8-19(14-20)18-30(5)22(33)17-29-24(34)37-26(2,3)4/h7-9,14-16H,6,10-13,17-18H2,1-5H3,(H,29,34). The number of hydrogen-bond acceptors (Lipinski definition) is 8. The van der Waals surface area contributed by atoms with Gasteiger partial charge in [0.1, 0.15) is 12.1 Å². The van der Waals surface area contributed by atoms with Crippen molar-refractivity contribution in [2.75, 3.05) is 51.3 Å². The molecule has 1 N–H and O–H groups in total. The molecule has 200 valence electrons. The largest absolute Gasteiger partial charge is 0.450 e. The van der Waals surface area contributed by atoms with Crippen molar-refractivity contribution in [2.45, 2.75) is 39.8 Å². The van der Waals surface area contributed by atoms with Crippen LogP contribution in [0.1, 0.15) is 33.3 Å². The zero-order chi connectivity index (χ0) is 27.0. The summed E-state index contributed by atoms with van der Waals surface area (Å²) in [6.07, 6.45) is 2.64. The number of anilines is 1. The lowest BCUT2D eigenvalue weighted by Crippen LogP contribution is -2.49. The van der Waals surface area contributed by atoms with Gasteiger partial charge in [-0.2, -0.15) is 0 Å². The number of amides is 3. The maximum atomic E-state index is 12.5. The molecule has 0 spiro atoms. The minimum Gasteiger partial charge on any atom is -0.450 e. The van der Waals surface area contributed by atoms with Gasteiger partial charge in [0.05, 0.1) is 6.61 Å². The first kappa shape index (κ1) is 27.7. The summed E-state index contributed by atoms with van der Waals surface area (Å²) in [7, 11) is 1.69. The number of aromatic nitrogens is 2. The number of piperazine rings is 1. The summed E-state index contributed by atoms with van der Waals surface area (Å²) in [6, 6.07) is 7.81. The quantitative estimate of drug-likeness (QED) is 0.602. The van der Waals surface area contributed by atoms with Crippen LogP contribution in [0.15, 0.2) is 36.7 Å². The van der Waals surface area contributed by atoms with Gasteiger partial charge in [-0.1, -0.05) is 18.2 Å². The molecule has 1 aromatic heterocycles. The van der Waals surface area contributed by atoms with Gasteiger partial charge in [0.15, 0.2) is 0 Å². The Morgan fingerprint density at radius 3 is 2.35 bits per heavy atom. The fourth-order valence-corrected chi connectivity index (χ4v) is 3.75. The van der Waals surface area contributed by atoms with E-state index in [1.807, 2.05) is 29.2 Å². The number of benzene rings is 1. The fourth-order valence-electron chi connectivity index (χ4n) is 3.75. The third kappa shape index (κ3) is 8.33. The summed E-state index contributed by atoms with van der Waals surface area (Å²) in [5.41, 5.74) is 2.10. The summed E-state index contributed by atoms with van der Waals surface area (Å²) >= 11 is 0. The van der Waals surface area contributed by atoms with Gasteiger partial charge in [0, 0.05) is 57.7 Å². The molecule has 0 bridgehead atoms. The van der Waals surface area contributed by atoms with Crippen molar-refractivity contribution in [3.8, 4) is 11.1 Å². The third-order valence-corrected chi connectivity index (χ3v) is 5.62. The van der Waals surface area contributed by atoms with Crippen LogP contribution in [0.3, 0.4) is 0 Å². The summed E-state index contributed by atoms with van der Waals surface area (Å²) in [5, 5.41) is 2.49. The van der Waals surface area contributed by atoms with Crippen LogP contribution in [0, 0.1) is 0 Å². The molecule has 3 rings (SSSR count). The third-order valence-electron chi connectivity index (χ3n) is 5.62. The first-order valence-corrected chi connectivity index (χ1v) is 12.3. The topological polar surface area (TPSA) is 117 Å². The Kier molecular flexibility index (Phi) is 9.26. The maximum absolute atomic E-state index is 12.5. The maximum Gasteiger partial charge on any atom is 0.409 e. The van der Waals surface area contributed by atoms with E-state index in [1.54, 1.807) is 56.9 Å². The van der Waals surface area contributed by atoms with E-state index in [9.17, 15) is 14.4 Å². The number of hydrogen-bond donors (Lipinski definition) is 1. The molecule has 11 heteroatoms. The van der Waals surface area contributed by atoms with E-state index in [0.717, 1.165) is 16.7 Å². The average Bonchev–Trinajstić information content (AvgIpc) is 2.87. The molecule has 1 saturated heterocycles. The van der Waals surface area contributed by atoms with E-state index in [0.29, 0.717) is 45.3 Å². The van der Waals surface area contributed by atoms with Gasteiger partial charge in [0.25, 0.3) is 0 Å². The zero-order valence-electron chi connectivity index (χ0n) is 22.2. The second-order valence-corrected chi connectivity index (χ2v) is 9.75. The Morgan fingerprint density at radius 1 is 1.05 bits per heavy atom. The van der Waals surface area contributed by atoms with Crippen molar-refractivity contribution in [1.29, 1.82) is 0 Å². The van der Waals surface area contributed by atoms with Crippen LogP contribution in [0.5, 0.6) is 0 Å². The molecule has 2 aromatic rings. The summed E-state index contributed by atoms with van der Waals surface area (Å²) in [4.78, 5) is 50.5. The van der Waals surface area contributed by atoms with Gasteiger partial charge in [-0.05, 0) is 44.9 Å². The van der Waals surface area contributed by atoms with Gasteiger partial charge in [-0.25, -0.2) is 19.6 Å². The highest BCUT2D eigenvalue weighted by Gasteiger charge is 2.23. The Balaban J connectivity index is 1.54. The lowest BCUT2D eigenvalue weighted by molar-refractivity contribution is -0.129. The SMILES string of the molecule is CCOC(=O)N1CCN(c2ncc(-c3cccc(CN(C)C(=O)CNC(=O)OC(C)(C)C)c3)cn2)CC1. The summed E-state index contributed by atoms with van der Waals surface area (Å²) < 4.78 is 10.2. The highest BCUT2D eigenvalue weighted by Crippen LogP contribution is 2.21. The molecule has 0 unspecified atom stereocenters. The predicted molar refractivity (Wildman–Crippen MR) is 139 cm³/mol. The molecule has 3 amide bonds. The van der Waals surface area contributed by atoms with E-state index in [2.05, 4.69) is 15.3 Å². The number of alkyl carbamates (subject to hydrolysis) is 1. The molecule has 0 aliphatic carbocycles. The van der Waals surface area contributed by atoms with Crippen molar-refractivity contribution in [2.24, 2.45) is 0 Å². The van der Waals surface area contributed by atoms with Crippen LogP contribution < -0.4 is 10.2 Å². The molecule has 0 radical (unpaired) electrons. The molecule has 1 aliphatic heterocycles. The first-order valence-electron chi connectivity index (χ1n) is 12.3. The normalized spacial score (nSPS) is 13.6. The number of carbonyl (C=O) groups is 3. The number of nitrogens with zero attached hydrogens (tertiary/aromatic N) is 5. The van der Waals surface area contributed by atoms with Crippen LogP contribution in [-0.2, 0) is 20.8 Å². The lowest BCUT2D eigenvalue weighted by Gasteiger charge is -2.33. The highest BCUT2D eigenvalue weighted by molar-refractivity contribution is 5.82. The van der Waals surface area contributed by atoms with Crippen molar-refractivity contribution in [3.05, 3.63) is 42.2 Å². The lowest BCUT2D eigenvalue weighted by atomic mass is 10.1. The molecule has 0 atom stereocenters. The van der Waals surface area contributed by atoms with Crippen LogP contribution in [0.2, 0.25) is 0 Å². The number of ether oxygens (including phenoxy) is 2. The summed E-state index contributed by atoms with van der Waals surface area (Å²) in [6.45, 7) is 10.1. The summed E-state index contributed by atoms with van der Waals surface area (Å²) in [5.74, 6) is 0.387. The van der Waals surface area contributed by atoms with Crippen molar-refractivity contribution >= 4 is 24.0 Å².